The van der Waals surface area contributed by atoms with E-state index in [1.165, 1.54) is 17.2 Å². The van der Waals surface area contributed by atoms with Crippen molar-refractivity contribution in [1.29, 1.82) is 0 Å². The lowest BCUT2D eigenvalue weighted by Gasteiger charge is -2.07. The third-order valence-electron chi connectivity index (χ3n) is 6.41. The van der Waals surface area contributed by atoms with Gasteiger partial charge in [-0.15, -0.1) is 0 Å². The number of carbonyl (C=O) groups excluding carboxylic acids is 1. The Balaban J connectivity index is 1.16. The first-order valence-corrected chi connectivity index (χ1v) is 12.8. The van der Waals surface area contributed by atoms with E-state index in [1.54, 1.807) is 17.9 Å². The molecule has 0 spiro atoms. The lowest BCUT2D eigenvalue weighted by Crippen LogP contribution is -2.14. The van der Waals surface area contributed by atoms with Crippen LogP contribution in [0.4, 0.5) is 5.82 Å². The molecule has 5 aromatic rings. The van der Waals surface area contributed by atoms with Gasteiger partial charge in [0.25, 0.3) is 5.91 Å². The average molecular weight is 519 g/mol. The highest BCUT2D eigenvalue weighted by Crippen LogP contribution is 2.27. The van der Waals surface area contributed by atoms with Gasteiger partial charge in [0, 0.05) is 31.4 Å². The summed E-state index contributed by atoms with van der Waals surface area (Å²) in [5.74, 6) is 0.278. The first kappa shape index (κ1) is 25.8. The molecule has 3 aromatic carbocycles. The number of carbonyl (C=O) groups is 1. The molecule has 39 heavy (non-hydrogen) atoms. The number of nitrogens with zero attached hydrogens (tertiary/aromatic N) is 2. The van der Waals surface area contributed by atoms with Gasteiger partial charge in [-0.05, 0) is 46.4 Å². The SMILES string of the molecule is O=C(C=Cc1ccc(CNCc2ccc(-c3cc4c(NCCc5ccccc5)ncnc4[nH]3)cc2)cc1)NO. The van der Waals surface area contributed by atoms with Crippen molar-refractivity contribution >= 4 is 28.8 Å². The van der Waals surface area contributed by atoms with Gasteiger partial charge in [-0.2, -0.15) is 0 Å². The zero-order chi connectivity index (χ0) is 26.9. The fraction of sp³-hybridized carbons (Fsp3) is 0.129. The molecule has 5 N–H and O–H groups in total. The largest absolute Gasteiger partial charge is 0.369 e. The second-order valence-electron chi connectivity index (χ2n) is 9.18. The minimum Gasteiger partial charge on any atom is -0.369 e. The molecule has 0 aliphatic heterocycles. The molecule has 2 aromatic heterocycles. The van der Waals surface area contributed by atoms with Crippen LogP contribution in [0.5, 0.6) is 0 Å². The molecule has 0 aliphatic carbocycles. The van der Waals surface area contributed by atoms with Crippen LogP contribution in [0.15, 0.2) is 97.3 Å². The number of rotatable bonds is 11. The van der Waals surface area contributed by atoms with Crippen LogP contribution >= 0.6 is 0 Å². The number of H-pyrrole nitrogens is 1. The van der Waals surface area contributed by atoms with E-state index in [0.29, 0.717) is 0 Å². The van der Waals surface area contributed by atoms with Crippen LogP contribution in [0.25, 0.3) is 28.4 Å². The van der Waals surface area contributed by atoms with Gasteiger partial charge in [0.05, 0.1) is 5.39 Å². The van der Waals surface area contributed by atoms with E-state index >= 15 is 0 Å². The quantitative estimate of drug-likeness (QED) is 0.0946. The van der Waals surface area contributed by atoms with E-state index < -0.39 is 5.91 Å². The molecule has 2 heterocycles. The summed E-state index contributed by atoms with van der Waals surface area (Å²) in [5.41, 5.74) is 8.98. The molecule has 0 bridgehead atoms. The number of nitrogens with one attached hydrogen (secondary N) is 4. The Morgan fingerprint density at radius 1 is 0.872 bits per heavy atom. The molecular weight excluding hydrogens is 488 g/mol. The lowest BCUT2D eigenvalue weighted by molar-refractivity contribution is -0.124. The van der Waals surface area contributed by atoms with Gasteiger partial charge in [-0.3, -0.25) is 10.0 Å². The zero-order valence-electron chi connectivity index (χ0n) is 21.4. The molecule has 0 unspecified atom stereocenters. The number of anilines is 1. The van der Waals surface area contributed by atoms with Crippen molar-refractivity contribution < 1.29 is 10.0 Å². The number of hydrogen-bond acceptors (Lipinski definition) is 6. The second kappa shape index (κ2) is 12.6. The maximum absolute atomic E-state index is 11.1. The monoisotopic (exact) mass is 518 g/mol. The van der Waals surface area contributed by atoms with Crippen molar-refractivity contribution in [2.24, 2.45) is 0 Å². The van der Waals surface area contributed by atoms with Crippen LogP contribution in [-0.4, -0.2) is 32.6 Å². The highest BCUT2D eigenvalue weighted by Gasteiger charge is 2.09. The van der Waals surface area contributed by atoms with Crippen molar-refractivity contribution in [2.45, 2.75) is 19.5 Å². The molecule has 0 radical (unpaired) electrons. The smallest absolute Gasteiger partial charge is 0.267 e. The highest BCUT2D eigenvalue weighted by molar-refractivity contribution is 5.91. The Bertz CT molecular complexity index is 1540. The first-order valence-electron chi connectivity index (χ1n) is 12.8. The standard InChI is InChI=1S/C31H30N6O2/c38-29(37-39)15-12-23-6-8-24(9-7-23)19-32-20-25-10-13-26(14-11-25)28-18-27-30(34-21-35-31(27)36-28)33-17-16-22-4-2-1-3-5-22/h1-15,18,21,32,39H,16-17,19-20H2,(H,37,38)(H2,33,34,35,36). The van der Waals surface area contributed by atoms with E-state index in [0.717, 1.165) is 65.3 Å². The Morgan fingerprint density at radius 2 is 1.59 bits per heavy atom. The fourth-order valence-electron chi connectivity index (χ4n) is 4.32. The fourth-order valence-corrected chi connectivity index (χ4v) is 4.32. The first-order chi connectivity index (χ1) is 19.2. The topological polar surface area (TPSA) is 115 Å². The van der Waals surface area contributed by atoms with Gasteiger partial charge in [0.2, 0.25) is 0 Å². The predicted octanol–water partition coefficient (Wildman–Crippen LogP) is 5.09. The molecule has 196 valence electrons. The van der Waals surface area contributed by atoms with Crippen LogP contribution in [0.1, 0.15) is 22.3 Å². The molecule has 0 saturated carbocycles. The third-order valence-corrected chi connectivity index (χ3v) is 6.41. The molecule has 0 fully saturated rings. The maximum atomic E-state index is 11.1. The number of amides is 1. The summed E-state index contributed by atoms with van der Waals surface area (Å²) in [6.45, 7) is 2.26. The Morgan fingerprint density at radius 3 is 2.31 bits per heavy atom. The minimum absolute atomic E-state index is 0.554. The molecule has 0 aliphatic rings. The van der Waals surface area contributed by atoms with Gasteiger partial charge in [0.15, 0.2) is 0 Å². The summed E-state index contributed by atoms with van der Waals surface area (Å²) in [6, 6.07) is 28.9. The lowest BCUT2D eigenvalue weighted by atomic mass is 10.1. The molecule has 1 amide bonds. The summed E-state index contributed by atoms with van der Waals surface area (Å²) in [6.07, 6.45) is 5.44. The molecule has 8 nitrogen and oxygen atoms in total. The normalized spacial score (nSPS) is 11.2. The van der Waals surface area contributed by atoms with Crippen LogP contribution in [0, 0.1) is 0 Å². The van der Waals surface area contributed by atoms with Crippen LogP contribution < -0.4 is 16.1 Å². The van der Waals surface area contributed by atoms with E-state index in [4.69, 9.17) is 5.21 Å². The minimum atomic E-state index is -0.554. The summed E-state index contributed by atoms with van der Waals surface area (Å²) in [5, 5.41) is 16.4. The Labute approximate surface area is 226 Å². The highest BCUT2D eigenvalue weighted by atomic mass is 16.5. The molecule has 0 atom stereocenters. The van der Waals surface area contributed by atoms with Gasteiger partial charge in [0.1, 0.15) is 17.8 Å². The van der Waals surface area contributed by atoms with E-state index in [2.05, 4.69) is 80.2 Å². The summed E-state index contributed by atoms with van der Waals surface area (Å²) < 4.78 is 0. The second-order valence-corrected chi connectivity index (χ2v) is 9.18. The number of hydrogen-bond donors (Lipinski definition) is 5. The van der Waals surface area contributed by atoms with Crippen LogP contribution in [0.2, 0.25) is 0 Å². The van der Waals surface area contributed by atoms with E-state index in [1.807, 2.05) is 30.3 Å². The maximum Gasteiger partial charge on any atom is 0.267 e. The third kappa shape index (κ3) is 6.95. The van der Waals surface area contributed by atoms with Gasteiger partial charge < -0.3 is 15.6 Å². The van der Waals surface area contributed by atoms with Crippen LogP contribution in [0.3, 0.4) is 0 Å². The van der Waals surface area contributed by atoms with Crippen molar-refractivity contribution in [3.05, 3.63) is 120 Å². The van der Waals surface area contributed by atoms with Gasteiger partial charge in [-0.1, -0.05) is 78.9 Å². The van der Waals surface area contributed by atoms with Crippen molar-refractivity contribution in [3.63, 3.8) is 0 Å². The summed E-state index contributed by atoms with van der Waals surface area (Å²) in [4.78, 5) is 23.4. The molecule has 0 saturated heterocycles. The number of aromatic nitrogens is 3. The average Bonchev–Trinajstić information content (AvgIpc) is 3.43. The molecule has 5 rings (SSSR count). The number of aromatic amines is 1. The number of fused-ring (bicyclic) bond motifs is 1. The predicted molar refractivity (Wildman–Crippen MR) is 154 cm³/mol. The van der Waals surface area contributed by atoms with Crippen molar-refractivity contribution in [3.8, 4) is 11.3 Å². The molecule has 8 heteroatoms. The van der Waals surface area contributed by atoms with Crippen molar-refractivity contribution in [1.82, 2.24) is 25.7 Å². The zero-order valence-corrected chi connectivity index (χ0v) is 21.4. The Hall–Kier alpha value is -4.79. The number of benzene rings is 3. The van der Waals surface area contributed by atoms with E-state index in [9.17, 15) is 4.79 Å². The van der Waals surface area contributed by atoms with E-state index in [-0.39, 0.29) is 0 Å². The van der Waals surface area contributed by atoms with Crippen molar-refractivity contribution in [2.75, 3.05) is 11.9 Å². The Kier molecular flexibility index (Phi) is 8.38. The number of hydroxylamine groups is 1. The van der Waals surface area contributed by atoms with Gasteiger partial charge >= 0.3 is 0 Å². The summed E-state index contributed by atoms with van der Waals surface area (Å²) >= 11 is 0. The summed E-state index contributed by atoms with van der Waals surface area (Å²) in [7, 11) is 0. The van der Waals surface area contributed by atoms with Crippen LogP contribution in [-0.2, 0) is 24.3 Å². The van der Waals surface area contributed by atoms with Gasteiger partial charge in [-0.25, -0.2) is 15.4 Å². The molecular formula is C31H30N6O2.